The molecule has 0 saturated carbocycles. The number of H-pyrrole nitrogens is 1. The molecular formula is C22H21Cl2N3O2. The highest BCUT2D eigenvalue weighted by Gasteiger charge is 2.36. The Balaban J connectivity index is 1.55. The number of hydrogen-bond donors (Lipinski definition) is 1. The highest BCUT2D eigenvalue weighted by Crippen LogP contribution is 2.31. The van der Waals surface area contributed by atoms with E-state index >= 15 is 0 Å². The lowest BCUT2D eigenvalue weighted by Crippen LogP contribution is -2.50. The van der Waals surface area contributed by atoms with Gasteiger partial charge in [-0.15, -0.1) is 0 Å². The fourth-order valence-electron chi connectivity index (χ4n) is 3.56. The lowest BCUT2D eigenvalue weighted by molar-refractivity contribution is -0.146. The molecule has 4 rings (SSSR count). The molecule has 3 aromatic rings. The fourth-order valence-corrected chi connectivity index (χ4v) is 3.88. The van der Waals surface area contributed by atoms with Crippen LogP contribution in [0.1, 0.15) is 25.1 Å². The van der Waals surface area contributed by atoms with Crippen molar-refractivity contribution in [2.75, 3.05) is 6.54 Å². The van der Waals surface area contributed by atoms with Gasteiger partial charge in [-0.2, -0.15) is 5.10 Å². The summed E-state index contributed by atoms with van der Waals surface area (Å²) in [5.41, 5.74) is 2.83. The van der Waals surface area contributed by atoms with Crippen molar-refractivity contribution in [1.29, 1.82) is 0 Å². The van der Waals surface area contributed by atoms with Crippen LogP contribution in [0, 0.1) is 0 Å². The average Bonchev–Trinajstić information content (AvgIpc) is 3.12. The number of benzene rings is 2. The van der Waals surface area contributed by atoms with Crippen LogP contribution in [0.15, 0.2) is 48.5 Å². The van der Waals surface area contributed by atoms with Gasteiger partial charge in [-0.1, -0.05) is 35.3 Å². The first-order chi connectivity index (χ1) is 13.8. The van der Waals surface area contributed by atoms with E-state index in [0.717, 1.165) is 22.5 Å². The first-order valence-corrected chi connectivity index (χ1v) is 10.1. The standard InChI is InChI=1S/C22H21Cl2N3O2/c1-22(2,29-17-8-6-15(23)7-9-17)21(28)27-11-10-19-18(13-27)20(26-25-19)14-4-3-5-16(24)12-14/h3-9,12H,10-11,13H2,1-2H3,(H,25,26). The molecule has 2 heterocycles. The Hall–Kier alpha value is -2.50. The number of halogens is 2. The van der Waals surface area contributed by atoms with E-state index < -0.39 is 5.60 Å². The van der Waals surface area contributed by atoms with Crippen LogP contribution in [0.25, 0.3) is 11.3 Å². The predicted molar refractivity (Wildman–Crippen MR) is 114 cm³/mol. The van der Waals surface area contributed by atoms with Gasteiger partial charge in [-0.3, -0.25) is 9.89 Å². The van der Waals surface area contributed by atoms with E-state index in [1.165, 1.54) is 0 Å². The summed E-state index contributed by atoms with van der Waals surface area (Å²) in [5, 5.41) is 8.87. The molecule has 0 bridgehead atoms. The maximum absolute atomic E-state index is 13.2. The largest absolute Gasteiger partial charge is 0.478 e. The first kappa shape index (κ1) is 19.8. The van der Waals surface area contributed by atoms with Crippen LogP contribution in [-0.4, -0.2) is 33.2 Å². The van der Waals surface area contributed by atoms with Crippen molar-refractivity contribution in [3.05, 3.63) is 69.8 Å². The number of carbonyl (C=O) groups is 1. The van der Waals surface area contributed by atoms with Crippen LogP contribution >= 0.6 is 23.2 Å². The van der Waals surface area contributed by atoms with Crippen LogP contribution in [-0.2, 0) is 17.8 Å². The molecule has 7 heteroatoms. The van der Waals surface area contributed by atoms with Crippen LogP contribution in [0.2, 0.25) is 10.0 Å². The molecule has 0 radical (unpaired) electrons. The number of nitrogens with one attached hydrogen (secondary N) is 1. The normalized spacial score (nSPS) is 13.9. The molecule has 1 aromatic heterocycles. The Kier molecular flexibility index (Phi) is 5.28. The molecule has 0 spiro atoms. The van der Waals surface area contributed by atoms with Crippen LogP contribution < -0.4 is 4.74 Å². The number of carbonyl (C=O) groups excluding carboxylic acids is 1. The summed E-state index contributed by atoms with van der Waals surface area (Å²) in [5.74, 6) is 0.532. The number of aromatic amines is 1. The van der Waals surface area contributed by atoms with Gasteiger partial charge in [-0.05, 0) is 50.2 Å². The smallest absolute Gasteiger partial charge is 0.266 e. The fraction of sp³-hybridized carbons (Fsp3) is 0.273. The second-order valence-corrected chi connectivity index (χ2v) is 8.46. The van der Waals surface area contributed by atoms with Gasteiger partial charge in [0, 0.05) is 46.4 Å². The second-order valence-electron chi connectivity index (χ2n) is 7.58. The molecule has 1 amide bonds. The number of ether oxygens (including phenoxy) is 1. The summed E-state index contributed by atoms with van der Waals surface area (Å²) in [6.45, 7) is 4.65. The molecule has 0 atom stereocenters. The van der Waals surface area contributed by atoms with Crippen molar-refractivity contribution in [3.63, 3.8) is 0 Å². The summed E-state index contributed by atoms with van der Waals surface area (Å²) in [6, 6.07) is 14.6. The van der Waals surface area contributed by atoms with Gasteiger partial charge >= 0.3 is 0 Å². The van der Waals surface area contributed by atoms with Crippen molar-refractivity contribution in [2.24, 2.45) is 0 Å². The monoisotopic (exact) mass is 429 g/mol. The molecule has 1 N–H and O–H groups in total. The second kappa shape index (κ2) is 7.73. The third-order valence-corrected chi connectivity index (χ3v) is 5.51. The summed E-state index contributed by atoms with van der Waals surface area (Å²) >= 11 is 12.1. The van der Waals surface area contributed by atoms with Gasteiger partial charge < -0.3 is 9.64 Å². The minimum absolute atomic E-state index is 0.0728. The van der Waals surface area contributed by atoms with E-state index in [0.29, 0.717) is 35.3 Å². The predicted octanol–water partition coefficient (Wildman–Crippen LogP) is 5.13. The van der Waals surface area contributed by atoms with E-state index in [2.05, 4.69) is 10.2 Å². The molecule has 0 fully saturated rings. The van der Waals surface area contributed by atoms with Crippen molar-refractivity contribution in [2.45, 2.75) is 32.4 Å². The van der Waals surface area contributed by atoms with Gasteiger partial charge in [0.1, 0.15) is 5.75 Å². The quantitative estimate of drug-likeness (QED) is 0.625. The van der Waals surface area contributed by atoms with E-state index in [9.17, 15) is 4.79 Å². The summed E-state index contributed by atoms with van der Waals surface area (Å²) in [7, 11) is 0. The number of fused-ring (bicyclic) bond motifs is 1. The van der Waals surface area contributed by atoms with Crippen molar-refractivity contribution in [1.82, 2.24) is 15.1 Å². The Labute approximate surface area is 179 Å². The lowest BCUT2D eigenvalue weighted by atomic mass is 9.99. The molecule has 0 saturated heterocycles. The number of rotatable bonds is 4. The van der Waals surface area contributed by atoms with Crippen LogP contribution in [0.4, 0.5) is 0 Å². The zero-order valence-corrected chi connectivity index (χ0v) is 17.7. The van der Waals surface area contributed by atoms with Crippen molar-refractivity contribution in [3.8, 4) is 17.0 Å². The average molecular weight is 430 g/mol. The topological polar surface area (TPSA) is 58.2 Å². The summed E-state index contributed by atoms with van der Waals surface area (Å²) in [6.07, 6.45) is 0.714. The van der Waals surface area contributed by atoms with Crippen LogP contribution in [0.3, 0.4) is 0 Å². The zero-order valence-electron chi connectivity index (χ0n) is 16.2. The van der Waals surface area contributed by atoms with Crippen molar-refractivity contribution >= 4 is 29.1 Å². The third kappa shape index (κ3) is 4.11. The lowest BCUT2D eigenvalue weighted by Gasteiger charge is -2.34. The van der Waals surface area contributed by atoms with Gasteiger partial charge in [0.05, 0.1) is 5.69 Å². The Morgan fingerprint density at radius 3 is 2.62 bits per heavy atom. The molecular weight excluding hydrogens is 409 g/mol. The maximum atomic E-state index is 13.2. The van der Waals surface area contributed by atoms with E-state index in [4.69, 9.17) is 27.9 Å². The van der Waals surface area contributed by atoms with Gasteiger partial charge in [-0.25, -0.2) is 0 Å². The molecule has 5 nitrogen and oxygen atoms in total. The number of hydrogen-bond acceptors (Lipinski definition) is 3. The van der Waals surface area contributed by atoms with Gasteiger partial charge in [0.15, 0.2) is 5.60 Å². The Morgan fingerprint density at radius 2 is 1.90 bits per heavy atom. The van der Waals surface area contributed by atoms with E-state index in [1.54, 1.807) is 38.1 Å². The molecule has 29 heavy (non-hydrogen) atoms. The number of aromatic nitrogens is 2. The first-order valence-electron chi connectivity index (χ1n) is 9.39. The van der Waals surface area contributed by atoms with Gasteiger partial charge in [0.2, 0.25) is 0 Å². The highest BCUT2D eigenvalue weighted by molar-refractivity contribution is 6.31. The van der Waals surface area contributed by atoms with E-state index in [-0.39, 0.29) is 5.91 Å². The zero-order chi connectivity index (χ0) is 20.6. The molecule has 2 aromatic carbocycles. The number of amides is 1. The minimum Gasteiger partial charge on any atom is -0.478 e. The van der Waals surface area contributed by atoms with Gasteiger partial charge in [0.25, 0.3) is 5.91 Å². The molecule has 0 unspecified atom stereocenters. The summed E-state index contributed by atoms with van der Waals surface area (Å²) < 4.78 is 5.98. The SMILES string of the molecule is CC(C)(Oc1ccc(Cl)cc1)C(=O)N1CCc2[nH]nc(-c3cccc(Cl)c3)c2C1. The molecule has 150 valence electrons. The Bertz CT molecular complexity index is 1040. The molecule has 1 aliphatic rings. The minimum atomic E-state index is -1.01. The third-order valence-electron chi connectivity index (χ3n) is 5.02. The molecule has 0 aliphatic carbocycles. The number of nitrogens with zero attached hydrogens (tertiary/aromatic N) is 2. The maximum Gasteiger partial charge on any atom is 0.266 e. The highest BCUT2D eigenvalue weighted by atomic mass is 35.5. The summed E-state index contributed by atoms with van der Waals surface area (Å²) in [4.78, 5) is 15.1. The van der Waals surface area contributed by atoms with Crippen LogP contribution in [0.5, 0.6) is 5.75 Å². The molecule has 1 aliphatic heterocycles. The Morgan fingerprint density at radius 1 is 1.14 bits per heavy atom. The van der Waals surface area contributed by atoms with E-state index in [1.807, 2.05) is 29.2 Å². The van der Waals surface area contributed by atoms with Crippen molar-refractivity contribution < 1.29 is 9.53 Å².